The fraction of sp³-hybridized carbons (Fsp3) is 0. The topological polar surface area (TPSA) is 80.5 Å². The minimum atomic E-state index is 0.244. The fourth-order valence-corrected chi connectivity index (χ4v) is 2.18. The van der Waals surface area contributed by atoms with Gasteiger partial charge < -0.3 is 5.73 Å². The molecule has 0 fully saturated rings. The van der Waals surface area contributed by atoms with E-state index in [1.165, 1.54) is 0 Å². The van der Waals surface area contributed by atoms with E-state index in [1.807, 2.05) is 24.3 Å². The summed E-state index contributed by atoms with van der Waals surface area (Å²) in [6.07, 6.45) is 1.68. The largest absolute Gasteiger partial charge is 0.368 e. The number of nitrogens with two attached hydrogens (primary N) is 1. The lowest BCUT2D eigenvalue weighted by Gasteiger charge is -2.05. The molecule has 0 spiro atoms. The zero-order chi connectivity index (χ0) is 11.8. The smallest absolute Gasteiger partial charge is 0.221 e. The minimum Gasteiger partial charge on any atom is -0.368 e. The van der Waals surface area contributed by atoms with Crippen molar-refractivity contribution in [2.75, 3.05) is 5.73 Å². The van der Waals surface area contributed by atoms with Crippen LogP contribution in [0.2, 0.25) is 0 Å². The van der Waals surface area contributed by atoms with Crippen LogP contribution in [0.5, 0.6) is 0 Å². The molecule has 0 aliphatic rings. The van der Waals surface area contributed by atoms with Crippen LogP contribution in [0.25, 0.3) is 22.3 Å². The molecule has 2 heterocycles. The number of nitrogen functional groups attached to an aromatic ring is 1. The Balaban J connectivity index is 2.42. The van der Waals surface area contributed by atoms with Gasteiger partial charge in [-0.2, -0.15) is 5.10 Å². The maximum absolute atomic E-state index is 5.72. The molecule has 5 nitrogen and oxygen atoms in total. The standard InChI is InChI=1S/C11H8BrN5/c12-7-3-1-2-6-9(7)15-11(13)16-10(6)8-4-5-14-17-8/h1-5H,(H,14,17)(H2,13,15,16). The van der Waals surface area contributed by atoms with Crippen molar-refractivity contribution in [2.45, 2.75) is 0 Å². The highest BCUT2D eigenvalue weighted by atomic mass is 79.9. The van der Waals surface area contributed by atoms with Gasteiger partial charge in [-0.25, -0.2) is 9.97 Å². The molecule has 3 N–H and O–H groups in total. The van der Waals surface area contributed by atoms with Gasteiger partial charge in [0, 0.05) is 16.1 Å². The van der Waals surface area contributed by atoms with E-state index in [1.54, 1.807) is 6.20 Å². The Morgan fingerprint density at radius 2 is 2.06 bits per heavy atom. The van der Waals surface area contributed by atoms with E-state index < -0.39 is 0 Å². The zero-order valence-corrected chi connectivity index (χ0v) is 10.3. The maximum atomic E-state index is 5.72. The van der Waals surface area contributed by atoms with Gasteiger partial charge in [-0.15, -0.1) is 0 Å². The van der Waals surface area contributed by atoms with Gasteiger partial charge in [0.2, 0.25) is 5.95 Å². The molecule has 0 aliphatic carbocycles. The Hall–Kier alpha value is -1.95. The van der Waals surface area contributed by atoms with Crippen molar-refractivity contribution >= 4 is 32.8 Å². The van der Waals surface area contributed by atoms with Crippen molar-refractivity contribution in [3.8, 4) is 11.4 Å². The number of nitrogens with zero attached hydrogens (tertiary/aromatic N) is 3. The maximum Gasteiger partial charge on any atom is 0.221 e. The molecular formula is C11H8BrN5. The molecule has 0 bridgehead atoms. The van der Waals surface area contributed by atoms with E-state index in [4.69, 9.17) is 5.73 Å². The lowest BCUT2D eigenvalue weighted by molar-refractivity contribution is 1.09. The highest BCUT2D eigenvalue weighted by Crippen LogP contribution is 2.29. The van der Waals surface area contributed by atoms with Crippen LogP contribution < -0.4 is 5.73 Å². The molecule has 0 atom stereocenters. The number of halogens is 1. The molecule has 0 unspecified atom stereocenters. The van der Waals surface area contributed by atoms with Crippen LogP contribution in [0.3, 0.4) is 0 Å². The Kier molecular flexibility index (Phi) is 2.29. The van der Waals surface area contributed by atoms with Gasteiger partial charge in [-0.05, 0) is 28.1 Å². The Morgan fingerprint density at radius 1 is 1.18 bits per heavy atom. The van der Waals surface area contributed by atoms with Gasteiger partial charge in [-0.1, -0.05) is 12.1 Å². The number of nitrogens with one attached hydrogen (secondary N) is 1. The van der Waals surface area contributed by atoms with Crippen LogP contribution in [0.4, 0.5) is 5.95 Å². The normalized spacial score (nSPS) is 10.9. The molecule has 0 saturated carbocycles. The van der Waals surface area contributed by atoms with Crippen LogP contribution in [-0.2, 0) is 0 Å². The number of anilines is 1. The zero-order valence-electron chi connectivity index (χ0n) is 8.68. The average Bonchev–Trinajstić information content (AvgIpc) is 2.83. The van der Waals surface area contributed by atoms with Crippen molar-refractivity contribution < 1.29 is 0 Å². The van der Waals surface area contributed by atoms with Crippen molar-refractivity contribution in [1.82, 2.24) is 20.2 Å². The van der Waals surface area contributed by atoms with Gasteiger partial charge in [-0.3, -0.25) is 5.10 Å². The molecule has 84 valence electrons. The number of aromatic amines is 1. The summed E-state index contributed by atoms with van der Waals surface area (Å²) in [5.41, 5.74) is 8.10. The highest BCUT2D eigenvalue weighted by molar-refractivity contribution is 9.10. The summed E-state index contributed by atoms with van der Waals surface area (Å²) in [6.45, 7) is 0. The summed E-state index contributed by atoms with van der Waals surface area (Å²) in [6, 6.07) is 7.66. The predicted octanol–water partition coefficient (Wildman–Crippen LogP) is 2.36. The number of para-hydroxylation sites is 1. The Bertz CT molecular complexity index is 678. The SMILES string of the molecule is Nc1nc(-c2ccn[nH]2)c2cccc(Br)c2n1. The van der Waals surface area contributed by atoms with Gasteiger partial charge >= 0.3 is 0 Å². The molecule has 3 rings (SSSR count). The van der Waals surface area contributed by atoms with Crippen molar-refractivity contribution in [1.29, 1.82) is 0 Å². The quantitative estimate of drug-likeness (QED) is 0.721. The second-order valence-corrected chi connectivity index (χ2v) is 4.39. The molecule has 17 heavy (non-hydrogen) atoms. The van der Waals surface area contributed by atoms with E-state index in [0.29, 0.717) is 0 Å². The summed E-state index contributed by atoms with van der Waals surface area (Å²) < 4.78 is 0.893. The van der Waals surface area contributed by atoms with Crippen LogP contribution in [0.1, 0.15) is 0 Å². The van der Waals surface area contributed by atoms with E-state index in [-0.39, 0.29) is 5.95 Å². The predicted molar refractivity (Wildman–Crippen MR) is 69.2 cm³/mol. The van der Waals surface area contributed by atoms with Gasteiger partial charge in [0.15, 0.2) is 0 Å². The van der Waals surface area contributed by atoms with Crippen LogP contribution in [-0.4, -0.2) is 20.2 Å². The van der Waals surface area contributed by atoms with E-state index in [2.05, 4.69) is 36.1 Å². The lowest BCUT2D eigenvalue weighted by Crippen LogP contribution is -1.98. The number of fused-ring (bicyclic) bond motifs is 1. The highest BCUT2D eigenvalue weighted by Gasteiger charge is 2.11. The third-order valence-corrected chi connectivity index (χ3v) is 3.09. The fourth-order valence-electron chi connectivity index (χ4n) is 1.73. The molecule has 0 saturated heterocycles. The van der Waals surface area contributed by atoms with Crippen molar-refractivity contribution in [3.63, 3.8) is 0 Å². The number of aromatic nitrogens is 4. The number of benzene rings is 1. The van der Waals surface area contributed by atoms with E-state index >= 15 is 0 Å². The first-order valence-electron chi connectivity index (χ1n) is 4.97. The van der Waals surface area contributed by atoms with Crippen molar-refractivity contribution in [2.24, 2.45) is 0 Å². The average molecular weight is 290 g/mol. The van der Waals surface area contributed by atoms with E-state index in [0.717, 1.165) is 26.8 Å². The molecule has 0 radical (unpaired) electrons. The number of H-pyrrole nitrogens is 1. The van der Waals surface area contributed by atoms with Crippen molar-refractivity contribution in [3.05, 3.63) is 34.9 Å². The van der Waals surface area contributed by atoms with Gasteiger partial charge in [0.1, 0.15) is 5.69 Å². The summed E-state index contributed by atoms with van der Waals surface area (Å²) >= 11 is 3.46. The molecule has 2 aromatic heterocycles. The summed E-state index contributed by atoms with van der Waals surface area (Å²) in [5.74, 6) is 0.244. The summed E-state index contributed by atoms with van der Waals surface area (Å²) in [5, 5.41) is 7.73. The van der Waals surface area contributed by atoms with Gasteiger partial charge in [0.05, 0.1) is 11.2 Å². The molecule has 0 amide bonds. The molecular weight excluding hydrogens is 282 g/mol. The van der Waals surface area contributed by atoms with Crippen LogP contribution in [0.15, 0.2) is 34.9 Å². The summed E-state index contributed by atoms with van der Waals surface area (Å²) in [7, 11) is 0. The first kappa shape index (κ1) is 10.2. The molecule has 0 aliphatic heterocycles. The molecule has 3 aromatic rings. The Morgan fingerprint density at radius 3 is 2.82 bits per heavy atom. The third-order valence-electron chi connectivity index (χ3n) is 2.45. The third kappa shape index (κ3) is 1.66. The lowest BCUT2D eigenvalue weighted by atomic mass is 10.1. The minimum absolute atomic E-state index is 0.244. The summed E-state index contributed by atoms with van der Waals surface area (Å²) in [4.78, 5) is 8.49. The number of hydrogen-bond acceptors (Lipinski definition) is 4. The molecule has 6 heteroatoms. The van der Waals surface area contributed by atoms with Gasteiger partial charge in [0.25, 0.3) is 0 Å². The van der Waals surface area contributed by atoms with Crippen LogP contribution in [0, 0.1) is 0 Å². The molecule has 1 aromatic carbocycles. The van der Waals surface area contributed by atoms with E-state index in [9.17, 15) is 0 Å². The van der Waals surface area contributed by atoms with Crippen LogP contribution >= 0.6 is 15.9 Å². The number of hydrogen-bond donors (Lipinski definition) is 2. The first-order chi connectivity index (χ1) is 8.25. The first-order valence-corrected chi connectivity index (χ1v) is 5.76. The second kappa shape index (κ2) is 3.81. The Labute approximate surface area is 105 Å². The second-order valence-electron chi connectivity index (χ2n) is 3.54. The number of rotatable bonds is 1. The monoisotopic (exact) mass is 289 g/mol.